The van der Waals surface area contributed by atoms with Crippen LogP contribution in [0.15, 0.2) is 53.0 Å². The molecule has 0 aliphatic rings. The largest absolute Gasteiger partial charge is 0.310 e. The molecule has 0 saturated carbocycles. The van der Waals surface area contributed by atoms with Crippen molar-refractivity contribution in [2.45, 2.75) is 32.7 Å². The fourth-order valence-electron chi connectivity index (χ4n) is 2.28. The van der Waals surface area contributed by atoms with E-state index in [0.29, 0.717) is 6.04 Å². The third-order valence-electron chi connectivity index (χ3n) is 3.47. The Hall–Kier alpha value is -1.12. The summed E-state index contributed by atoms with van der Waals surface area (Å²) in [6.07, 6.45) is 2.18. The molecule has 2 heteroatoms. The van der Waals surface area contributed by atoms with E-state index in [-0.39, 0.29) is 0 Å². The Bertz CT molecular complexity index is 516. The first-order chi connectivity index (χ1) is 9.69. The SMILES string of the molecule is CCCNC(Cc1ccc(C)cc1)c1ccc(Br)cc1. The number of halogens is 1. The second kappa shape index (κ2) is 7.61. The molecule has 2 rings (SSSR count). The zero-order valence-electron chi connectivity index (χ0n) is 12.2. The van der Waals surface area contributed by atoms with Crippen LogP contribution in [0.4, 0.5) is 0 Å². The van der Waals surface area contributed by atoms with E-state index >= 15 is 0 Å². The maximum Gasteiger partial charge on any atom is 0.0360 e. The van der Waals surface area contributed by atoms with Gasteiger partial charge in [-0.05, 0) is 49.6 Å². The van der Waals surface area contributed by atoms with Crippen molar-refractivity contribution >= 4 is 15.9 Å². The van der Waals surface area contributed by atoms with Gasteiger partial charge >= 0.3 is 0 Å². The number of hydrogen-bond donors (Lipinski definition) is 1. The van der Waals surface area contributed by atoms with Gasteiger partial charge in [-0.2, -0.15) is 0 Å². The van der Waals surface area contributed by atoms with Crippen LogP contribution in [-0.2, 0) is 6.42 Å². The molecule has 0 saturated heterocycles. The molecule has 0 amide bonds. The average Bonchev–Trinajstić information content (AvgIpc) is 2.46. The monoisotopic (exact) mass is 331 g/mol. The highest BCUT2D eigenvalue weighted by Crippen LogP contribution is 2.21. The normalized spacial score (nSPS) is 12.3. The minimum atomic E-state index is 0.380. The Morgan fingerprint density at radius 2 is 1.65 bits per heavy atom. The predicted octanol–water partition coefficient (Wildman–Crippen LogP) is 5.04. The number of benzene rings is 2. The summed E-state index contributed by atoms with van der Waals surface area (Å²) in [6, 6.07) is 17.9. The maximum absolute atomic E-state index is 3.65. The lowest BCUT2D eigenvalue weighted by molar-refractivity contribution is 0.529. The molecule has 0 fully saturated rings. The van der Waals surface area contributed by atoms with Crippen molar-refractivity contribution in [1.29, 1.82) is 0 Å². The average molecular weight is 332 g/mol. The van der Waals surface area contributed by atoms with E-state index in [1.165, 1.54) is 16.7 Å². The van der Waals surface area contributed by atoms with Crippen molar-refractivity contribution < 1.29 is 0 Å². The van der Waals surface area contributed by atoms with Crippen LogP contribution < -0.4 is 5.32 Å². The van der Waals surface area contributed by atoms with E-state index < -0.39 is 0 Å². The molecule has 20 heavy (non-hydrogen) atoms. The van der Waals surface area contributed by atoms with Gasteiger partial charge in [-0.3, -0.25) is 0 Å². The highest BCUT2D eigenvalue weighted by atomic mass is 79.9. The van der Waals surface area contributed by atoms with Gasteiger partial charge in [-0.15, -0.1) is 0 Å². The fourth-order valence-corrected chi connectivity index (χ4v) is 2.55. The smallest absolute Gasteiger partial charge is 0.0360 e. The maximum atomic E-state index is 3.65. The molecule has 0 aliphatic heterocycles. The molecule has 106 valence electrons. The van der Waals surface area contributed by atoms with Gasteiger partial charge < -0.3 is 5.32 Å². The number of aryl methyl sites for hydroxylation is 1. The third-order valence-corrected chi connectivity index (χ3v) is 4.00. The zero-order valence-corrected chi connectivity index (χ0v) is 13.8. The van der Waals surface area contributed by atoms with Crippen molar-refractivity contribution in [2.75, 3.05) is 6.54 Å². The van der Waals surface area contributed by atoms with Gasteiger partial charge in [0.05, 0.1) is 0 Å². The summed E-state index contributed by atoms with van der Waals surface area (Å²) in [7, 11) is 0. The lowest BCUT2D eigenvalue weighted by atomic mass is 9.98. The fraction of sp³-hybridized carbons (Fsp3) is 0.333. The van der Waals surface area contributed by atoms with Crippen molar-refractivity contribution in [2.24, 2.45) is 0 Å². The molecule has 1 unspecified atom stereocenters. The molecule has 0 radical (unpaired) electrons. The summed E-state index contributed by atoms with van der Waals surface area (Å²) >= 11 is 3.50. The van der Waals surface area contributed by atoms with E-state index in [2.05, 4.69) is 83.6 Å². The molecule has 1 atom stereocenters. The van der Waals surface area contributed by atoms with E-state index in [0.717, 1.165) is 23.9 Å². The first-order valence-corrected chi connectivity index (χ1v) is 8.02. The van der Waals surface area contributed by atoms with Gasteiger partial charge in [-0.1, -0.05) is 64.8 Å². The first kappa shape index (κ1) is 15.3. The number of hydrogen-bond acceptors (Lipinski definition) is 1. The molecule has 0 bridgehead atoms. The van der Waals surface area contributed by atoms with Crippen LogP contribution >= 0.6 is 15.9 Å². The highest BCUT2D eigenvalue weighted by molar-refractivity contribution is 9.10. The number of rotatable bonds is 6. The molecule has 0 heterocycles. The Labute approximate surface area is 130 Å². The van der Waals surface area contributed by atoms with Crippen LogP contribution in [0.25, 0.3) is 0 Å². The minimum Gasteiger partial charge on any atom is -0.310 e. The van der Waals surface area contributed by atoms with Gasteiger partial charge in [0.25, 0.3) is 0 Å². The van der Waals surface area contributed by atoms with Gasteiger partial charge in [0, 0.05) is 10.5 Å². The number of nitrogens with one attached hydrogen (secondary N) is 1. The zero-order chi connectivity index (χ0) is 14.4. The predicted molar refractivity (Wildman–Crippen MR) is 90.1 cm³/mol. The molecular formula is C18H22BrN. The van der Waals surface area contributed by atoms with E-state index in [9.17, 15) is 0 Å². The summed E-state index contributed by atoms with van der Waals surface area (Å²) < 4.78 is 1.13. The minimum absolute atomic E-state index is 0.380. The van der Waals surface area contributed by atoms with Crippen LogP contribution in [0.1, 0.15) is 36.1 Å². The van der Waals surface area contributed by atoms with Gasteiger partial charge in [0.1, 0.15) is 0 Å². The second-order valence-corrected chi connectivity index (χ2v) is 6.16. The topological polar surface area (TPSA) is 12.0 Å². The molecule has 0 aliphatic carbocycles. The lowest BCUT2D eigenvalue weighted by Crippen LogP contribution is -2.24. The van der Waals surface area contributed by atoms with Gasteiger partial charge in [-0.25, -0.2) is 0 Å². The Balaban J connectivity index is 2.14. The van der Waals surface area contributed by atoms with Crippen molar-refractivity contribution in [3.63, 3.8) is 0 Å². The van der Waals surface area contributed by atoms with Gasteiger partial charge in [0.2, 0.25) is 0 Å². The summed E-state index contributed by atoms with van der Waals surface area (Å²) in [4.78, 5) is 0. The second-order valence-electron chi connectivity index (χ2n) is 5.25. The summed E-state index contributed by atoms with van der Waals surface area (Å²) in [5.41, 5.74) is 4.05. The van der Waals surface area contributed by atoms with Crippen molar-refractivity contribution in [3.8, 4) is 0 Å². The van der Waals surface area contributed by atoms with Crippen molar-refractivity contribution in [1.82, 2.24) is 5.32 Å². The molecule has 0 spiro atoms. The molecule has 0 aromatic heterocycles. The van der Waals surface area contributed by atoms with Crippen LogP contribution in [0, 0.1) is 6.92 Å². The Kier molecular flexibility index (Phi) is 5.81. The Morgan fingerprint density at radius 3 is 2.25 bits per heavy atom. The van der Waals surface area contributed by atoms with Crippen molar-refractivity contribution in [3.05, 3.63) is 69.7 Å². The third kappa shape index (κ3) is 4.46. The lowest BCUT2D eigenvalue weighted by Gasteiger charge is -2.19. The Morgan fingerprint density at radius 1 is 1.00 bits per heavy atom. The highest BCUT2D eigenvalue weighted by Gasteiger charge is 2.11. The molecule has 1 nitrogen and oxygen atoms in total. The summed E-state index contributed by atoms with van der Waals surface area (Å²) in [6.45, 7) is 5.38. The van der Waals surface area contributed by atoms with Crippen LogP contribution in [-0.4, -0.2) is 6.54 Å². The molecule has 2 aromatic carbocycles. The standard InChI is InChI=1S/C18H22BrN/c1-3-12-20-18(16-8-10-17(19)11-9-16)13-15-6-4-14(2)5-7-15/h4-11,18,20H,3,12-13H2,1-2H3. The van der Waals surface area contributed by atoms with E-state index in [1.807, 2.05) is 0 Å². The van der Waals surface area contributed by atoms with Crippen LogP contribution in [0.2, 0.25) is 0 Å². The molecule has 2 aromatic rings. The van der Waals surface area contributed by atoms with E-state index in [1.54, 1.807) is 0 Å². The molecular weight excluding hydrogens is 310 g/mol. The van der Waals surface area contributed by atoms with E-state index in [4.69, 9.17) is 0 Å². The summed E-state index contributed by atoms with van der Waals surface area (Å²) in [5.74, 6) is 0. The quantitative estimate of drug-likeness (QED) is 0.781. The first-order valence-electron chi connectivity index (χ1n) is 7.23. The van der Waals surface area contributed by atoms with Gasteiger partial charge in [0.15, 0.2) is 0 Å². The summed E-state index contributed by atoms with van der Waals surface area (Å²) in [5, 5.41) is 3.65. The van der Waals surface area contributed by atoms with Crippen LogP contribution in [0.3, 0.4) is 0 Å². The molecule has 1 N–H and O–H groups in total. The van der Waals surface area contributed by atoms with Crippen LogP contribution in [0.5, 0.6) is 0 Å².